The highest BCUT2D eigenvalue weighted by atomic mass is 32.2. The number of thioether (sulfide) groups is 1. The molecule has 0 fully saturated rings. The van der Waals surface area contributed by atoms with E-state index < -0.39 is 0 Å². The van der Waals surface area contributed by atoms with Crippen LogP contribution in [0.3, 0.4) is 0 Å². The Bertz CT molecular complexity index is 416. The molecule has 0 saturated heterocycles. The van der Waals surface area contributed by atoms with Gasteiger partial charge in [-0.15, -0.1) is 0 Å². The number of aromatic nitrogens is 3. The molecule has 10 heteroatoms. The first-order valence-corrected chi connectivity index (χ1v) is 8.05. The summed E-state index contributed by atoms with van der Waals surface area (Å²) in [6.45, 7) is 0. The van der Waals surface area contributed by atoms with Crippen molar-refractivity contribution in [3.63, 3.8) is 0 Å². The molecule has 1 aromatic heterocycles. The van der Waals surface area contributed by atoms with Crippen molar-refractivity contribution in [1.82, 2.24) is 18.7 Å². The minimum absolute atomic E-state index is 0.0760. The quantitative estimate of drug-likeness (QED) is 0.815. The molecule has 0 aromatic carbocycles. The van der Waals surface area contributed by atoms with Crippen LogP contribution in [0.15, 0.2) is 0 Å². The van der Waals surface area contributed by atoms with E-state index in [1.807, 2.05) is 12.5 Å². The van der Waals surface area contributed by atoms with Gasteiger partial charge in [-0.25, -0.2) is 3.71 Å². The van der Waals surface area contributed by atoms with Crippen LogP contribution in [0.4, 0.5) is 10.7 Å². The van der Waals surface area contributed by atoms with E-state index in [1.165, 1.54) is 31.0 Å². The van der Waals surface area contributed by atoms with Gasteiger partial charge in [0.1, 0.15) is 5.82 Å². The van der Waals surface area contributed by atoms with Gasteiger partial charge in [-0.3, -0.25) is 4.79 Å². The van der Waals surface area contributed by atoms with Crippen molar-refractivity contribution in [2.45, 2.75) is 5.75 Å². The van der Waals surface area contributed by atoms with Crippen molar-refractivity contribution in [2.75, 3.05) is 25.4 Å². The van der Waals surface area contributed by atoms with E-state index >= 15 is 0 Å². The fourth-order valence-corrected chi connectivity index (χ4v) is 3.12. The normalized spacial score (nSPS) is 10.2. The van der Waals surface area contributed by atoms with Crippen LogP contribution in [0.1, 0.15) is 5.82 Å². The summed E-state index contributed by atoms with van der Waals surface area (Å²) < 4.78 is 6.44. The third kappa shape index (κ3) is 4.42. The smallest absolute Gasteiger partial charge is 0.321 e. The summed E-state index contributed by atoms with van der Waals surface area (Å²) in [4.78, 5) is 23.4. The Balaban J connectivity index is 2.63. The van der Waals surface area contributed by atoms with Gasteiger partial charge in [0.2, 0.25) is 5.95 Å². The molecule has 18 heavy (non-hydrogen) atoms. The zero-order valence-corrected chi connectivity index (χ0v) is 12.6. The van der Waals surface area contributed by atoms with Crippen molar-refractivity contribution >= 4 is 46.8 Å². The van der Waals surface area contributed by atoms with Crippen LogP contribution < -0.4 is 10.5 Å². The van der Waals surface area contributed by atoms with E-state index in [4.69, 9.17) is 10.5 Å². The Hall–Kier alpha value is -0.870. The van der Waals surface area contributed by atoms with Gasteiger partial charge in [0, 0.05) is 12.5 Å². The number of carbonyl (C=O) groups excluding carboxylic acids is 1. The topological polar surface area (TPSA) is 94.2 Å². The van der Waals surface area contributed by atoms with Crippen molar-refractivity contribution in [3.05, 3.63) is 5.82 Å². The molecule has 0 bridgehead atoms. The number of rotatable bonds is 5. The molecular formula is C8H13N5O2S3. The minimum atomic E-state index is -0.0760. The van der Waals surface area contributed by atoms with Gasteiger partial charge >= 0.3 is 11.2 Å². The van der Waals surface area contributed by atoms with Gasteiger partial charge in [0.05, 0.1) is 12.9 Å². The lowest BCUT2D eigenvalue weighted by Crippen LogP contribution is -2.11. The van der Waals surface area contributed by atoms with Crippen LogP contribution >= 0.6 is 35.7 Å². The van der Waals surface area contributed by atoms with Crippen LogP contribution in [-0.4, -0.2) is 43.5 Å². The SMILES string of the molecule is COc1nc(N)nc(CSC(=O)N(SC)SC)n1. The average molecular weight is 307 g/mol. The lowest BCUT2D eigenvalue weighted by Gasteiger charge is -2.14. The Kier molecular flexibility index (Phi) is 6.36. The number of nitrogen functional groups attached to an aromatic ring is 1. The standard InChI is InChI=1S/C8H13N5O2S3/c1-15-7-11-5(10-6(9)12-7)4-18-8(14)13(16-2)17-3/h4H2,1-3H3,(H2,9,10,11,12). The largest absolute Gasteiger partial charge is 0.467 e. The molecule has 1 aromatic rings. The molecule has 0 atom stereocenters. The van der Waals surface area contributed by atoms with Crippen LogP contribution in [-0.2, 0) is 5.75 Å². The molecule has 1 heterocycles. The molecule has 7 nitrogen and oxygen atoms in total. The third-order valence-corrected chi connectivity index (χ3v) is 4.62. The number of methoxy groups -OCH3 is 1. The molecule has 2 N–H and O–H groups in total. The van der Waals surface area contributed by atoms with Crippen molar-refractivity contribution < 1.29 is 9.53 Å². The number of nitrogens with zero attached hydrogens (tertiary/aromatic N) is 4. The summed E-state index contributed by atoms with van der Waals surface area (Å²) in [7, 11) is 1.44. The second-order valence-electron chi connectivity index (χ2n) is 2.77. The van der Waals surface area contributed by atoms with E-state index in [9.17, 15) is 4.79 Å². The van der Waals surface area contributed by atoms with Crippen LogP contribution in [0.2, 0.25) is 0 Å². The maximum absolute atomic E-state index is 11.7. The van der Waals surface area contributed by atoms with Crippen molar-refractivity contribution in [3.8, 4) is 6.01 Å². The van der Waals surface area contributed by atoms with Gasteiger partial charge < -0.3 is 10.5 Å². The van der Waals surface area contributed by atoms with E-state index in [2.05, 4.69) is 15.0 Å². The predicted octanol–water partition coefficient (Wildman–Crippen LogP) is 1.67. The molecule has 100 valence electrons. The monoisotopic (exact) mass is 307 g/mol. The summed E-state index contributed by atoms with van der Waals surface area (Å²) in [5.74, 6) is 0.816. The Morgan fingerprint density at radius 3 is 2.56 bits per heavy atom. The van der Waals surface area contributed by atoms with Gasteiger partial charge in [-0.1, -0.05) is 11.8 Å². The highest BCUT2D eigenvalue weighted by Gasteiger charge is 2.14. The molecule has 0 aliphatic heterocycles. The summed E-state index contributed by atoms with van der Waals surface area (Å²) in [5, 5.41) is -0.0760. The predicted molar refractivity (Wildman–Crippen MR) is 76.4 cm³/mol. The zero-order valence-electron chi connectivity index (χ0n) is 10.1. The number of nitrogens with two attached hydrogens (primary N) is 1. The van der Waals surface area contributed by atoms with Gasteiger partial charge in [-0.05, 0) is 23.9 Å². The lowest BCUT2D eigenvalue weighted by molar-refractivity contribution is 0.259. The van der Waals surface area contributed by atoms with Crippen LogP contribution in [0.25, 0.3) is 0 Å². The first-order valence-electron chi connectivity index (χ1n) is 4.70. The second-order valence-corrected chi connectivity index (χ2v) is 5.39. The number of carbonyl (C=O) groups is 1. The second kappa shape index (κ2) is 7.54. The molecule has 0 spiro atoms. The maximum atomic E-state index is 11.7. The molecule has 0 saturated carbocycles. The number of hydrogen-bond acceptors (Lipinski definition) is 9. The molecule has 0 aliphatic carbocycles. The fraction of sp³-hybridized carbons (Fsp3) is 0.500. The van der Waals surface area contributed by atoms with Gasteiger partial charge in [0.25, 0.3) is 0 Å². The molecule has 0 radical (unpaired) electrons. The van der Waals surface area contributed by atoms with Crippen LogP contribution in [0.5, 0.6) is 6.01 Å². The van der Waals surface area contributed by atoms with E-state index in [0.29, 0.717) is 11.6 Å². The van der Waals surface area contributed by atoms with E-state index in [0.717, 1.165) is 11.8 Å². The number of anilines is 1. The van der Waals surface area contributed by atoms with E-state index in [-0.39, 0.29) is 17.2 Å². The molecule has 0 unspecified atom stereocenters. The molecule has 1 rings (SSSR count). The summed E-state index contributed by atoms with van der Waals surface area (Å²) in [6.07, 6.45) is 3.66. The summed E-state index contributed by atoms with van der Waals surface area (Å²) in [6, 6.07) is 0.150. The summed E-state index contributed by atoms with van der Waals surface area (Å²) >= 11 is 3.79. The number of hydrogen-bond donors (Lipinski definition) is 1. The molecule has 1 amide bonds. The zero-order chi connectivity index (χ0) is 13.5. The van der Waals surface area contributed by atoms with Crippen LogP contribution in [0, 0.1) is 0 Å². The molecule has 0 aliphatic rings. The van der Waals surface area contributed by atoms with Crippen molar-refractivity contribution in [1.29, 1.82) is 0 Å². The number of amides is 1. The van der Waals surface area contributed by atoms with E-state index in [1.54, 1.807) is 3.71 Å². The summed E-state index contributed by atoms with van der Waals surface area (Å²) in [5.41, 5.74) is 5.50. The Labute approximate surface area is 118 Å². The average Bonchev–Trinajstić information content (AvgIpc) is 2.37. The Morgan fingerprint density at radius 1 is 1.33 bits per heavy atom. The first kappa shape index (κ1) is 15.2. The minimum Gasteiger partial charge on any atom is -0.467 e. The molecular weight excluding hydrogens is 294 g/mol. The van der Waals surface area contributed by atoms with Gasteiger partial charge in [-0.2, -0.15) is 15.0 Å². The highest BCUT2D eigenvalue weighted by Crippen LogP contribution is 2.25. The highest BCUT2D eigenvalue weighted by molar-refractivity contribution is 8.19. The van der Waals surface area contributed by atoms with Crippen molar-refractivity contribution in [2.24, 2.45) is 0 Å². The third-order valence-electron chi connectivity index (χ3n) is 1.67. The first-order chi connectivity index (χ1) is 8.60. The lowest BCUT2D eigenvalue weighted by atomic mass is 10.7. The fourth-order valence-electron chi connectivity index (χ4n) is 0.974. The maximum Gasteiger partial charge on any atom is 0.321 e. The number of ether oxygens (including phenoxy) is 1. The Morgan fingerprint density at radius 2 is 2.00 bits per heavy atom. The van der Waals surface area contributed by atoms with Gasteiger partial charge in [0.15, 0.2) is 0 Å².